The maximum absolute atomic E-state index is 13.1. The smallest absolute Gasteiger partial charge is 0.297 e. The minimum Gasteiger partial charge on any atom is -0.334 e. The van der Waals surface area contributed by atoms with Gasteiger partial charge >= 0.3 is 0 Å². The molecule has 0 aromatic carbocycles. The summed E-state index contributed by atoms with van der Waals surface area (Å²) >= 11 is 1.15. The fraction of sp³-hybridized carbons (Fsp3) is 0.500. The van der Waals surface area contributed by atoms with Gasteiger partial charge in [0, 0.05) is 18.2 Å². The topological polar surface area (TPSA) is 97.5 Å². The first-order chi connectivity index (χ1) is 12.1. The molecule has 2 aromatic rings. The molecule has 0 spiro atoms. The van der Waals surface area contributed by atoms with Crippen molar-refractivity contribution < 1.29 is 13.8 Å². The van der Waals surface area contributed by atoms with Crippen LogP contribution in [0.25, 0.3) is 0 Å². The van der Waals surface area contributed by atoms with Crippen molar-refractivity contribution in [3.8, 4) is 0 Å². The molecule has 1 atom stereocenters. The van der Waals surface area contributed by atoms with Crippen molar-refractivity contribution in [3.63, 3.8) is 0 Å². The Morgan fingerprint density at radius 3 is 2.62 bits per heavy atom. The van der Waals surface area contributed by atoms with Gasteiger partial charge in [-0.2, -0.15) is 9.46 Å². The van der Waals surface area contributed by atoms with Crippen molar-refractivity contribution in [2.24, 2.45) is 9.78 Å². The Morgan fingerprint density at radius 1 is 1.27 bits per heavy atom. The van der Waals surface area contributed by atoms with Crippen LogP contribution in [0.3, 0.4) is 0 Å². The second kappa shape index (κ2) is 6.58. The van der Waals surface area contributed by atoms with Crippen molar-refractivity contribution in [2.45, 2.75) is 38.8 Å². The van der Waals surface area contributed by atoms with Crippen LogP contribution in [0, 0.1) is 5.41 Å². The number of thiazole rings is 1. The summed E-state index contributed by atoms with van der Waals surface area (Å²) in [6.07, 6.45) is 4.32. The van der Waals surface area contributed by atoms with Gasteiger partial charge < -0.3 is 4.90 Å². The molecule has 1 aliphatic heterocycles. The number of carbonyl (C=O) groups excluding carboxylic acids is 2. The number of nitrogens with zero attached hydrogens (tertiary/aromatic N) is 5. The highest BCUT2D eigenvalue weighted by atomic mass is 32.2. The summed E-state index contributed by atoms with van der Waals surface area (Å²) in [6.45, 7) is 6.98. The van der Waals surface area contributed by atoms with Crippen LogP contribution in [0.4, 0.5) is 0 Å². The highest BCUT2D eigenvalue weighted by molar-refractivity contribution is 7.93. The van der Waals surface area contributed by atoms with Gasteiger partial charge in [0.25, 0.3) is 5.91 Å². The highest BCUT2D eigenvalue weighted by Crippen LogP contribution is 2.26. The molecule has 2 aromatic heterocycles. The van der Waals surface area contributed by atoms with E-state index < -0.39 is 21.1 Å². The highest BCUT2D eigenvalue weighted by Gasteiger charge is 2.32. The fourth-order valence-electron chi connectivity index (χ4n) is 2.76. The summed E-state index contributed by atoms with van der Waals surface area (Å²) in [4.78, 5) is 31.1. The second-order valence-corrected chi connectivity index (χ2v) is 10.3. The van der Waals surface area contributed by atoms with Crippen molar-refractivity contribution in [2.75, 3.05) is 12.8 Å². The van der Waals surface area contributed by atoms with E-state index in [1.165, 1.54) is 24.2 Å². The van der Waals surface area contributed by atoms with E-state index in [0.29, 0.717) is 35.1 Å². The van der Waals surface area contributed by atoms with Crippen LogP contribution in [0.15, 0.2) is 27.2 Å². The number of fused-ring (bicyclic) bond motifs is 1. The van der Waals surface area contributed by atoms with Crippen molar-refractivity contribution in [1.82, 2.24) is 19.7 Å². The number of hydrogen-bond acceptors (Lipinski definition) is 6. The number of hydrogen-bond donors (Lipinski definition) is 0. The van der Waals surface area contributed by atoms with Crippen molar-refractivity contribution in [3.05, 3.63) is 28.5 Å². The van der Waals surface area contributed by atoms with Crippen molar-refractivity contribution >= 4 is 32.9 Å². The molecule has 0 N–H and O–H groups in total. The van der Waals surface area contributed by atoms with E-state index in [4.69, 9.17) is 0 Å². The van der Waals surface area contributed by atoms with E-state index in [0.717, 1.165) is 11.3 Å². The lowest BCUT2D eigenvalue weighted by Gasteiger charge is -2.33. The molecular weight excluding hydrogens is 374 g/mol. The maximum atomic E-state index is 13.1. The van der Waals surface area contributed by atoms with Crippen molar-refractivity contribution in [1.29, 1.82) is 0 Å². The van der Waals surface area contributed by atoms with Gasteiger partial charge in [0.05, 0.1) is 51.3 Å². The Labute approximate surface area is 156 Å². The largest absolute Gasteiger partial charge is 0.334 e. The molecule has 3 heterocycles. The predicted molar refractivity (Wildman–Crippen MR) is 98.3 cm³/mol. The number of carbonyl (C=O) groups is 2. The van der Waals surface area contributed by atoms with Crippen LogP contribution in [0.1, 0.15) is 36.1 Å². The van der Waals surface area contributed by atoms with E-state index in [2.05, 4.69) is 14.4 Å². The van der Waals surface area contributed by atoms with Gasteiger partial charge in [0.15, 0.2) is 0 Å². The van der Waals surface area contributed by atoms with Crippen LogP contribution in [0.2, 0.25) is 0 Å². The minimum absolute atomic E-state index is 0.0242. The molecule has 10 heteroatoms. The van der Waals surface area contributed by atoms with E-state index >= 15 is 0 Å². The summed E-state index contributed by atoms with van der Waals surface area (Å²) in [7, 11) is -2.99. The number of aromatic nitrogens is 3. The molecule has 0 saturated carbocycles. The molecule has 2 amide bonds. The molecule has 8 nitrogen and oxygen atoms in total. The molecule has 1 unspecified atom stereocenters. The molecule has 140 valence electrons. The summed E-state index contributed by atoms with van der Waals surface area (Å²) in [6, 6.07) is 0. The Bertz CT molecular complexity index is 963. The minimum atomic E-state index is -2.99. The quantitative estimate of drug-likeness (QED) is 0.775. The zero-order valence-electron chi connectivity index (χ0n) is 15.1. The molecule has 3 rings (SSSR count). The Balaban J connectivity index is 1.95. The van der Waals surface area contributed by atoms with Crippen LogP contribution >= 0.6 is 11.3 Å². The van der Waals surface area contributed by atoms with Gasteiger partial charge in [0.2, 0.25) is 5.91 Å². The van der Waals surface area contributed by atoms with Crippen LogP contribution < -0.4 is 0 Å². The van der Waals surface area contributed by atoms with E-state index in [9.17, 15) is 13.8 Å². The summed E-state index contributed by atoms with van der Waals surface area (Å²) in [5.74, 6) is -0.533. The molecule has 0 fully saturated rings. The zero-order valence-corrected chi connectivity index (χ0v) is 16.8. The molecule has 0 bridgehead atoms. The van der Waals surface area contributed by atoms with E-state index in [-0.39, 0.29) is 5.91 Å². The third kappa shape index (κ3) is 3.56. The van der Waals surface area contributed by atoms with Gasteiger partial charge in [-0.15, -0.1) is 11.3 Å². The zero-order chi connectivity index (χ0) is 19.1. The molecule has 0 radical (unpaired) electrons. The summed E-state index contributed by atoms with van der Waals surface area (Å²) in [5.41, 5.74) is 1.70. The normalized spacial score (nSPS) is 16.7. The lowest BCUT2D eigenvalue weighted by atomic mass is 9.94. The monoisotopic (exact) mass is 395 g/mol. The Kier molecular flexibility index (Phi) is 4.74. The van der Waals surface area contributed by atoms with E-state index in [1.807, 2.05) is 20.8 Å². The SMILES string of the molecule is CC(C)(C)C(=O)N1CCn2ncc(S(C)(=O)=NC(=O)c3cncs3)c2C1. The van der Waals surface area contributed by atoms with Gasteiger partial charge in [-0.3, -0.25) is 19.3 Å². The molecule has 1 aliphatic rings. The van der Waals surface area contributed by atoms with Gasteiger partial charge in [-0.05, 0) is 0 Å². The van der Waals surface area contributed by atoms with Crippen LogP contribution in [-0.4, -0.2) is 48.5 Å². The van der Waals surface area contributed by atoms with Gasteiger partial charge in [0.1, 0.15) is 4.88 Å². The number of amides is 2. The van der Waals surface area contributed by atoms with Gasteiger partial charge in [-0.25, -0.2) is 4.21 Å². The molecule has 0 aliphatic carbocycles. The molecule has 26 heavy (non-hydrogen) atoms. The standard InChI is InChI=1S/C16H21N5O3S2/c1-16(2,3)15(23)20-5-6-21-11(9-20)13(8-18-21)26(4,24)19-14(22)12-7-17-10-25-12/h7-8,10H,5-6,9H2,1-4H3. The first-order valence-corrected chi connectivity index (χ1v) is 10.9. The first kappa shape index (κ1) is 18.7. The third-order valence-corrected chi connectivity index (χ3v) is 6.50. The predicted octanol–water partition coefficient (Wildman–Crippen LogP) is 2.02. The van der Waals surface area contributed by atoms with Crippen LogP contribution in [-0.2, 0) is 27.6 Å². The Hall–Kier alpha value is -2.07. The lowest BCUT2D eigenvalue weighted by molar-refractivity contribution is -0.141. The first-order valence-electron chi connectivity index (χ1n) is 8.08. The van der Waals surface area contributed by atoms with Gasteiger partial charge in [-0.1, -0.05) is 20.8 Å². The van der Waals surface area contributed by atoms with Crippen LogP contribution in [0.5, 0.6) is 0 Å². The number of rotatable bonds is 2. The fourth-order valence-corrected chi connectivity index (χ4v) is 4.68. The maximum Gasteiger partial charge on any atom is 0.297 e. The summed E-state index contributed by atoms with van der Waals surface area (Å²) in [5, 5.41) is 4.27. The average molecular weight is 396 g/mol. The lowest BCUT2D eigenvalue weighted by Crippen LogP contribution is -2.44. The third-order valence-electron chi connectivity index (χ3n) is 4.07. The second-order valence-electron chi connectivity index (χ2n) is 7.22. The molecule has 0 saturated heterocycles. The summed E-state index contributed by atoms with van der Waals surface area (Å²) < 4.78 is 18.8. The molecular formula is C16H21N5O3S2. The average Bonchev–Trinajstić information content (AvgIpc) is 3.21. The Morgan fingerprint density at radius 2 is 2.00 bits per heavy atom. The van der Waals surface area contributed by atoms with E-state index in [1.54, 1.807) is 9.58 Å².